The Bertz CT molecular complexity index is 755. The fourth-order valence-corrected chi connectivity index (χ4v) is 3.47. The Balaban J connectivity index is 2.34. The average Bonchev–Trinajstić information content (AvgIpc) is 2.58. The molecule has 0 atom stereocenters. The van der Waals surface area contributed by atoms with Crippen LogP contribution in [0.2, 0.25) is 25.1 Å². The molecule has 0 saturated heterocycles. The van der Waals surface area contributed by atoms with Crippen LogP contribution in [0.4, 0.5) is 0 Å². The summed E-state index contributed by atoms with van der Waals surface area (Å²) in [5.41, 5.74) is 0.902. The summed E-state index contributed by atoms with van der Waals surface area (Å²) < 4.78 is 0. The van der Waals surface area contributed by atoms with Gasteiger partial charge in [0.25, 0.3) is 0 Å². The molecular formula is C16H9Cl5OS. The van der Waals surface area contributed by atoms with E-state index in [0.29, 0.717) is 11.1 Å². The molecular weight excluding hydrogens is 418 g/mol. The van der Waals surface area contributed by atoms with E-state index in [4.69, 9.17) is 58.0 Å². The molecule has 0 bridgehead atoms. The summed E-state index contributed by atoms with van der Waals surface area (Å²) in [5.74, 6) is -0.188. The molecule has 2 aromatic rings. The molecule has 0 saturated carbocycles. The van der Waals surface area contributed by atoms with E-state index >= 15 is 0 Å². The van der Waals surface area contributed by atoms with E-state index in [2.05, 4.69) is 0 Å². The second kappa shape index (κ2) is 8.15. The van der Waals surface area contributed by atoms with Crippen molar-refractivity contribution < 1.29 is 4.79 Å². The fraction of sp³-hybridized carbons (Fsp3) is 0.0625. The summed E-state index contributed by atoms with van der Waals surface area (Å²) in [6, 6.07) is 7.26. The van der Waals surface area contributed by atoms with Gasteiger partial charge in [0.15, 0.2) is 5.78 Å². The molecule has 0 unspecified atom stereocenters. The first kappa shape index (κ1) is 19.0. The number of thioether (sulfide) groups is 1. The van der Waals surface area contributed by atoms with Gasteiger partial charge in [0.2, 0.25) is 0 Å². The number of halogens is 5. The van der Waals surface area contributed by atoms with Gasteiger partial charge in [0, 0.05) is 16.0 Å². The van der Waals surface area contributed by atoms with Crippen molar-refractivity contribution >= 4 is 81.6 Å². The molecule has 0 amide bonds. The standard InChI is InChI=1S/C16H9Cl5OS/c1-23-9-4-2-8(3-5-9)11(22)7-6-10-12(17)14(19)16(21)15(20)13(10)18/h2-7H,1H3/b7-6+. The summed E-state index contributed by atoms with van der Waals surface area (Å²) >= 11 is 31.8. The Labute approximate surface area is 163 Å². The van der Waals surface area contributed by atoms with E-state index in [1.807, 2.05) is 18.4 Å². The highest BCUT2D eigenvalue weighted by atomic mass is 35.5. The van der Waals surface area contributed by atoms with E-state index in [1.54, 1.807) is 23.9 Å². The molecule has 0 N–H and O–H groups in total. The molecule has 0 aliphatic rings. The van der Waals surface area contributed by atoms with Gasteiger partial charge in [-0.2, -0.15) is 0 Å². The molecule has 23 heavy (non-hydrogen) atoms. The zero-order valence-electron chi connectivity index (χ0n) is 11.7. The first-order chi connectivity index (χ1) is 10.9. The predicted molar refractivity (Wildman–Crippen MR) is 103 cm³/mol. The van der Waals surface area contributed by atoms with Crippen molar-refractivity contribution in [1.29, 1.82) is 0 Å². The third kappa shape index (κ3) is 4.19. The van der Waals surface area contributed by atoms with Crippen LogP contribution in [0.15, 0.2) is 35.2 Å². The van der Waals surface area contributed by atoms with Gasteiger partial charge in [0.1, 0.15) is 0 Å². The highest BCUT2D eigenvalue weighted by Crippen LogP contribution is 2.44. The largest absolute Gasteiger partial charge is 0.289 e. The van der Waals surface area contributed by atoms with Crippen LogP contribution >= 0.6 is 69.8 Å². The van der Waals surface area contributed by atoms with Gasteiger partial charge in [-0.15, -0.1) is 11.8 Å². The highest BCUT2D eigenvalue weighted by Gasteiger charge is 2.17. The normalized spacial score (nSPS) is 11.2. The van der Waals surface area contributed by atoms with Gasteiger partial charge >= 0.3 is 0 Å². The summed E-state index contributed by atoms with van der Waals surface area (Å²) in [7, 11) is 0. The van der Waals surface area contributed by atoms with Gasteiger partial charge in [-0.1, -0.05) is 58.0 Å². The van der Waals surface area contributed by atoms with Crippen LogP contribution < -0.4 is 0 Å². The van der Waals surface area contributed by atoms with Gasteiger partial charge in [0.05, 0.1) is 25.1 Å². The quantitative estimate of drug-likeness (QED) is 0.165. The number of hydrogen-bond donors (Lipinski definition) is 0. The van der Waals surface area contributed by atoms with E-state index in [9.17, 15) is 4.79 Å². The van der Waals surface area contributed by atoms with Crippen molar-refractivity contribution in [2.45, 2.75) is 4.90 Å². The van der Waals surface area contributed by atoms with Gasteiger partial charge in [-0.25, -0.2) is 0 Å². The first-order valence-electron chi connectivity index (χ1n) is 6.24. The van der Waals surface area contributed by atoms with Crippen LogP contribution in [-0.4, -0.2) is 12.0 Å². The van der Waals surface area contributed by atoms with Gasteiger partial charge in [-0.3, -0.25) is 4.79 Å². The monoisotopic (exact) mass is 424 g/mol. The molecule has 0 heterocycles. The lowest BCUT2D eigenvalue weighted by atomic mass is 10.1. The van der Waals surface area contributed by atoms with Crippen LogP contribution in [0.25, 0.3) is 6.08 Å². The lowest BCUT2D eigenvalue weighted by molar-refractivity contribution is 0.104. The third-order valence-electron chi connectivity index (χ3n) is 3.02. The summed E-state index contributed by atoms with van der Waals surface area (Å²) in [6.45, 7) is 0. The van der Waals surface area contributed by atoms with E-state index in [-0.39, 0.29) is 30.9 Å². The predicted octanol–water partition coefficient (Wildman–Crippen LogP) is 7.57. The minimum Gasteiger partial charge on any atom is -0.289 e. The summed E-state index contributed by atoms with van der Waals surface area (Å²) in [4.78, 5) is 13.3. The van der Waals surface area contributed by atoms with Gasteiger partial charge < -0.3 is 0 Å². The molecule has 0 radical (unpaired) electrons. The number of ketones is 1. The van der Waals surface area contributed by atoms with E-state index in [0.717, 1.165) is 4.90 Å². The zero-order valence-corrected chi connectivity index (χ0v) is 16.3. The number of benzene rings is 2. The maximum atomic E-state index is 12.2. The second-order valence-electron chi connectivity index (χ2n) is 4.41. The number of allylic oxidation sites excluding steroid dienone is 1. The molecule has 2 aromatic carbocycles. The molecule has 2 rings (SSSR count). The molecule has 0 aromatic heterocycles. The van der Waals surface area contributed by atoms with Crippen molar-refractivity contribution in [2.75, 3.05) is 6.26 Å². The fourth-order valence-electron chi connectivity index (χ4n) is 1.78. The number of carbonyl (C=O) groups excluding carboxylic acids is 1. The lowest BCUT2D eigenvalue weighted by Crippen LogP contribution is -1.94. The Morgan fingerprint density at radius 3 is 1.83 bits per heavy atom. The Morgan fingerprint density at radius 2 is 1.35 bits per heavy atom. The maximum Gasteiger partial charge on any atom is 0.185 e. The summed E-state index contributed by atoms with van der Waals surface area (Å²) in [5, 5.41) is 0.568. The second-order valence-corrected chi connectivity index (χ2v) is 7.18. The third-order valence-corrected chi connectivity index (χ3v) is 6.07. The Morgan fingerprint density at radius 1 is 0.870 bits per heavy atom. The van der Waals surface area contributed by atoms with Gasteiger partial charge in [-0.05, 0) is 42.7 Å². The van der Waals surface area contributed by atoms with Crippen LogP contribution in [-0.2, 0) is 0 Å². The Kier molecular flexibility index (Phi) is 6.73. The van der Waals surface area contributed by atoms with Crippen molar-refractivity contribution in [3.8, 4) is 0 Å². The lowest BCUT2D eigenvalue weighted by Gasteiger charge is -2.09. The smallest absolute Gasteiger partial charge is 0.185 e. The molecule has 7 heteroatoms. The molecule has 0 aliphatic heterocycles. The SMILES string of the molecule is CSc1ccc(C(=O)/C=C/c2c(Cl)c(Cl)c(Cl)c(Cl)c2Cl)cc1. The first-order valence-corrected chi connectivity index (χ1v) is 9.36. The van der Waals surface area contributed by atoms with Crippen LogP contribution in [0.5, 0.6) is 0 Å². The summed E-state index contributed by atoms with van der Waals surface area (Å²) in [6.07, 6.45) is 4.81. The molecule has 0 aliphatic carbocycles. The van der Waals surface area contributed by atoms with Crippen LogP contribution in [0.3, 0.4) is 0 Å². The van der Waals surface area contributed by atoms with Crippen LogP contribution in [0, 0.1) is 0 Å². The Hall–Kier alpha value is -0.350. The molecule has 0 spiro atoms. The number of carbonyl (C=O) groups is 1. The molecule has 1 nitrogen and oxygen atoms in total. The number of hydrogen-bond acceptors (Lipinski definition) is 2. The minimum atomic E-state index is -0.188. The van der Waals surface area contributed by atoms with Crippen molar-refractivity contribution in [3.63, 3.8) is 0 Å². The number of rotatable bonds is 4. The van der Waals surface area contributed by atoms with E-state index in [1.165, 1.54) is 12.2 Å². The van der Waals surface area contributed by atoms with Crippen molar-refractivity contribution in [3.05, 3.63) is 66.6 Å². The van der Waals surface area contributed by atoms with Crippen LogP contribution in [0.1, 0.15) is 15.9 Å². The zero-order chi connectivity index (χ0) is 17.1. The van der Waals surface area contributed by atoms with Crippen molar-refractivity contribution in [1.82, 2.24) is 0 Å². The molecule has 120 valence electrons. The maximum absolute atomic E-state index is 12.2. The average molecular weight is 427 g/mol. The highest BCUT2D eigenvalue weighted by molar-refractivity contribution is 7.98. The van der Waals surface area contributed by atoms with E-state index < -0.39 is 0 Å². The minimum absolute atomic E-state index is 0.0828. The van der Waals surface area contributed by atoms with Crippen molar-refractivity contribution in [2.24, 2.45) is 0 Å². The molecule has 0 fully saturated rings. The topological polar surface area (TPSA) is 17.1 Å².